The Morgan fingerprint density at radius 2 is 2.17 bits per heavy atom. The Kier molecular flexibility index (Phi) is 2.58. The predicted octanol–water partition coefficient (Wildman–Crippen LogP) is 1.74. The van der Waals surface area contributed by atoms with Gasteiger partial charge in [-0.3, -0.25) is 0 Å². The van der Waals surface area contributed by atoms with Crippen LogP contribution in [0.3, 0.4) is 0 Å². The number of nitrogens with zero attached hydrogens (tertiary/aromatic N) is 2. The number of hydrogen-bond donors (Lipinski definition) is 1. The van der Waals surface area contributed by atoms with Crippen molar-refractivity contribution in [3.8, 4) is 0 Å². The van der Waals surface area contributed by atoms with Gasteiger partial charge in [-0.2, -0.15) is 0 Å². The van der Waals surface area contributed by atoms with Crippen molar-refractivity contribution < 1.29 is 4.39 Å². The van der Waals surface area contributed by atoms with Crippen molar-refractivity contribution in [2.24, 2.45) is 0 Å². The number of rotatable bonds is 2. The predicted molar refractivity (Wildman–Crippen MR) is 45.5 cm³/mol. The molecule has 0 unspecified atom stereocenters. The van der Waals surface area contributed by atoms with Crippen molar-refractivity contribution >= 4 is 5.82 Å². The summed E-state index contributed by atoms with van der Waals surface area (Å²) in [7, 11) is 0. The van der Waals surface area contributed by atoms with Crippen LogP contribution >= 0.6 is 0 Å². The average Bonchev–Trinajstić information content (AvgIpc) is 1.96. The molecule has 1 aromatic rings. The molecule has 1 aromatic heterocycles. The molecule has 1 heterocycles. The van der Waals surface area contributed by atoms with E-state index in [0.29, 0.717) is 5.82 Å². The fraction of sp³-hybridized carbons (Fsp3) is 0.500. The van der Waals surface area contributed by atoms with Crippen LogP contribution in [0.25, 0.3) is 0 Å². The van der Waals surface area contributed by atoms with Gasteiger partial charge in [0.2, 0.25) is 0 Å². The average molecular weight is 169 g/mol. The number of nitrogens with one attached hydrogen (secondary N) is 1. The molecule has 0 saturated carbocycles. The van der Waals surface area contributed by atoms with Crippen molar-refractivity contribution in [1.29, 1.82) is 0 Å². The van der Waals surface area contributed by atoms with Crippen molar-refractivity contribution in [1.82, 2.24) is 9.97 Å². The van der Waals surface area contributed by atoms with Crippen LogP contribution in [0.1, 0.15) is 19.7 Å². The van der Waals surface area contributed by atoms with E-state index in [9.17, 15) is 4.39 Å². The highest BCUT2D eigenvalue weighted by molar-refractivity contribution is 5.35. The van der Waals surface area contributed by atoms with Crippen molar-refractivity contribution in [3.63, 3.8) is 0 Å². The van der Waals surface area contributed by atoms with Gasteiger partial charge >= 0.3 is 0 Å². The van der Waals surface area contributed by atoms with Crippen LogP contribution in [-0.2, 0) is 0 Å². The van der Waals surface area contributed by atoms with E-state index in [1.807, 2.05) is 13.8 Å². The van der Waals surface area contributed by atoms with Crippen molar-refractivity contribution in [3.05, 3.63) is 17.8 Å². The molecule has 66 valence electrons. The normalized spacial score (nSPS) is 10.4. The Labute approximate surface area is 71.0 Å². The highest BCUT2D eigenvalue weighted by Crippen LogP contribution is 2.09. The molecule has 1 N–H and O–H groups in total. The van der Waals surface area contributed by atoms with E-state index < -0.39 is 5.82 Å². The van der Waals surface area contributed by atoms with Crippen LogP contribution in [0, 0.1) is 12.7 Å². The van der Waals surface area contributed by atoms with Gasteiger partial charge in [0.05, 0.1) is 6.20 Å². The summed E-state index contributed by atoms with van der Waals surface area (Å²) in [4.78, 5) is 7.64. The van der Waals surface area contributed by atoms with Gasteiger partial charge < -0.3 is 5.32 Å². The Balaban J connectivity index is 2.90. The molecule has 0 aromatic carbocycles. The first-order valence-corrected chi connectivity index (χ1v) is 3.85. The fourth-order valence-corrected chi connectivity index (χ4v) is 0.830. The number of halogens is 1. The third kappa shape index (κ3) is 2.15. The van der Waals surface area contributed by atoms with Gasteiger partial charge in [0, 0.05) is 6.04 Å². The number of anilines is 1. The minimum atomic E-state index is -0.408. The van der Waals surface area contributed by atoms with E-state index in [2.05, 4.69) is 15.3 Å². The summed E-state index contributed by atoms with van der Waals surface area (Å²) in [6.07, 6.45) is 1.17. The minimum absolute atomic E-state index is 0.175. The Morgan fingerprint density at radius 1 is 1.50 bits per heavy atom. The highest BCUT2D eigenvalue weighted by Gasteiger charge is 2.04. The molecule has 0 aliphatic rings. The summed E-state index contributed by atoms with van der Waals surface area (Å²) in [5.41, 5.74) is 0. The maximum Gasteiger partial charge on any atom is 0.183 e. The topological polar surface area (TPSA) is 37.8 Å². The van der Waals surface area contributed by atoms with Crippen LogP contribution < -0.4 is 5.32 Å². The zero-order valence-corrected chi connectivity index (χ0v) is 7.43. The highest BCUT2D eigenvalue weighted by atomic mass is 19.1. The Bertz CT molecular complexity index is 273. The molecule has 12 heavy (non-hydrogen) atoms. The number of aryl methyl sites for hydroxylation is 1. The van der Waals surface area contributed by atoms with E-state index >= 15 is 0 Å². The number of aromatic nitrogens is 2. The van der Waals surface area contributed by atoms with Crippen LogP contribution in [0.4, 0.5) is 10.2 Å². The van der Waals surface area contributed by atoms with Crippen LogP contribution in [-0.4, -0.2) is 16.0 Å². The van der Waals surface area contributed by atoms with Gasteiger partial charge in [-0.1, -0.05) is 0 Å². The molecule has 0 aliphatic heterocycles. The molecule has 3 nitrogen and oxygen atoms in total. The van der Waals surface area contributed by atoms with Crippen molar-refractivity contribution in [2.75, 3.05) is 5.32 Å². The van der Waals surface area contributed by atoms with Gasteiger partial charge in [-0.25, -0.2) is 14.4 Å². The van der Waals surface area contributed by atoms with Crippen LogP contribution in [0.2, 0.25) is 0 Å². The van der Waals surface area contributed by atoms with E-state index in [0.717, 1.165) is 0 Å². The zero-order chi connectivity index (χ0) is 9.14. The Morgan fingerprint density at radius 3 is 2.75 bits per heavy atom. The summed E-state index contributed by atoms with van der Waals surface area (Å²) in [5.74, 6) is 0.436. The SMILES string of the molecule is Cc1ncc(F)c(NC(C)C)n1. The molecule has 0 spiro atoms. The lowest BCUT2D eigenvalue weighted by atomic mass is 10.4. The van der Waals surface area contributed by atoms with Gasteiger partial charge in [0.1, 0.15) is 5.82 Å². The second-order valence-electron chi connectivity index (χ2n) is 2.91. The first-order valence-electron chi connectivity index (χ1n) is 3.85. The summed E-state index contributed by atoms with van der Waals surface area (Å²) in [5, 5.41) is 2.89. The van der Waals surface area contributed by atoms with Gasteiger partial charge in [-0.15, -0.1) is 0 Å². The molecule has 0 amide bonds. The summed E-state index contributed by atoms with van der Waals surface area (Å²) < 4.78 is 12.9. The lowest BCUT2D eigenvalue weighted by Crippen LogP contribution is -2.13. The summed E-state index contributed by atoms with van der Waals surface area (Å²) in [6.45, 7) is 5.58. The monoisotopic (exact) mass is 169 g/mol. The number of hydrogen-bond acceptors (Lipinski definition) is 3. The molecule has 0 aliphatic carbocycles. The van der Waals surface area contributed by atoms with E-state index in [1.54, 1.807) is 6.92 Å². The second kappa shape index (κ2) is 3.47. The van der Waals surface area contributed by atoms with Crippen LogP contribution in [0.15, 0.2) is 6.20 Å². The largest absolute Gasteiger partial charge is 0.365 e. The Hall–Kier alpha value is -1.19. The third-order valence-electron chi connectivity index (χ3n) is 1.29. The van der Waals surface area contributed by atoms with E-state index in [4.69, 9.17) is 0 Å². The maximum absolute atomic E-state index is 12.9. The molecular weight excluding hydrogens is 157 g/mol. The summed E-state index contributed by atoms with van der Waals surface area (Å²) in [6, 6.07) is 0.175. The smallest absolute Gasteiger partial charge is 0.183 e. The quantitative estimate of drug-likeness (QED) is 0.732. The molecule has 0 atom stereocenters. The first kappa shape index (κ1) is 8.90. The zero-order valence-electron chi connectivity index (χ0n) is 7.43. The molecule has 0 saturated heterocycles. The van der Waals surface area contributed by atoms with E-state index in [1.165, 1.54) is 6.20 Å². The van der Waals surface area contributed by atoms with Gasteiger partial charge in [0.15, 0.2) is 11.6 Å². The minimum Gasteiger partial charge on any atom is -0.365 e. The lowest BCUT2D eigenvalue weighted by Gasteiger charge is -2.09. The second-order valence-corrected chi connectivity index (χ2v) is 2.91. The molecule has 1 rings (SSSR count). The van der Waals surface area contributed by atoms with E-state index in [-0.39, 0.29) is 11.9 Å². The fourth-order valence-electron chi connectivity index (χ4n) is 0.830. The van der Waals surface area contributed by atoms with Crippen LogP contribution in [0.5, 0.6) is 0 Å². The molecule has 4 heteroatoms. The molecular formula is C8H12FN3. The summed E-state index contributed by atoms with van der Waals surface area (Å²) >= 11 is 0. The van der Waals surface area contributed by atoms with Gasteiger partial charge in [0.25, 0.3) is 0 Å². The third-order valence-corrected chi connectivity index (χ3v) is 1.29. The lowest BCUT2D eigenvalue weighted by molar-refractivity contribution is 0.611. The standard InChI is InChI=1S/C8H12FN3/c1-5(2)11-8-7(9)4-10-6(3)12-8/h4-5H,1-3H3,(H,10,11,12). The maximum atomic E-state index is 12.9. The first-order chi connectivity index (χ1) is 5.59. The molecule has 0 bridgehead atoms. The van der Waals surface area contributed by atoms with Gasteiger partial charge in [-0.05, 0) is 20.8 Å². The molecule has 0 fully saturated rings. The molecule has 0 radical (unpaired) electrons. The van der Waals surface area contributed by atoms with Crippen molar-refractivity contribution in [2.45, 2.75) is 26.8 Å².